The molecule has 0 saturated carbocycles. The molecule has 2 aromatic carbocycles. The number of benzene rings is 2. The fraction of sp³-hybridized carbons (Fsp3) is 0.525. The number of carbonyl (C=O) groups excluding carboxylic acids is 7. The van der Waals surface area contributed by atoms with Gasteiger partial charge in [0.25, 0.3) is 0 Å². The van der Waals surface area contributed by atoms with Gasteiger partial charge in [-0.25, -0.2) is 0 Å². The summed E-state index contributed by atoms with van der Waals surface area (Å²) in [6.45, 7) is 8.12. The molecule has 2 rings (SSSR count). The number of nitrogens with one attached hydrogen (secondary N) is 2. The van der Waals surface area contributed by atoms with E-state index in [1.807, 2.05) is 26.0 Å². The zero-order chi connectivity index (χ0) is 39.8. The Balaban J connectivity index is 2.05. The molecule has 0 aliphatic rings. The summed E-state index contributed by atoms with van der Waals surface area (Å²) in [7, 11) is 0. The molecule has 0 fully saturated rings. The van der Waals surface area contributed by atoms with E-state index < -0.39 is 70.9 Å². The van der Waals surface area contributed by atoms with E-state index in [1.165, 1.54) is 20.8 Å². The number of amides is 2. The number of hydrogen-bond acceptors (Lipinski definition) is 10. The highest BCUT2D eigenvalue weighted by Crippen LogP contribution is 2.23. The highest BCUT2D eigenvalue weighted by molar-refractivity contribution is 6.38. The van der Waals surface area contributed by atoms with Crippen LogP contribution in [0.25, 0.3) is 11.1 Å². The van der Waals surface area contributed by atoms with Gasteiger partial charge in [0.2, 0.25) is 17.6 Å². The molecule has 0 spiro atoms. The lowest BCUT2D eigenvalue weighted by atomic mass is 9.90. The lowest BCUT2D eigenvalue weighted by molar-refractivity contribution is -0.140. The molecular formula is C40H55ClN4O8. The van der Waals surface area contributed by atoms with Crippen molar-refractivity contribution in [2.75, 3.05) is 13.1 Å². The number of carbonyl (C=O) groups is 7. The molecule has 13 heteroatoms. The second-order valence-electron chi connectivity index (χ2n) is 14.2. The van der Waals surface area contributed by atoms with Crippen molar-refractivity contribution in [2.45, 2.75) is 97.8 Å². The first-order valence-electron chi connectivity index (χ1n) is 18.2. The van der Waals surface area contributed by atoms with E-state index >= 15 is 0 Å². The molecule has 7 N–H and O–H groups in total. The van der Waals surface area contributed by atoms with Crippen LogP contribution in [0, 0.1) is 23.7 Å². The second kappa shape index (κ2) is 22.2. The van der Waals surface area contributed by atoms with E-state index in [2.05, 4.69) is 10.6 Å². The lowest BCUT2D eigenvalue weighted by Gasteiger charge is -2.25. The molecule has 0 saturated heterocycles. The first-order valence-corrected chi connectivity index (χ1v) is 18.6. The molecule has 12 nitrogen and oxygen atoms in total. The minimum atomic E-state index is -1.39. The Hall–Kier alpha value is -4.10. The third-order valence-corrected chi connectivity index (χ3v) is 9.28. The average Bonchev–Trinajstić information content (AvgIpc) is 3.11. The van der Waals surface area contributed by atoms with Crippen LogP contribution in [0.4, 0.5) is 0 Å². The maximum Gasteiger partial charge on any atom is 0.225 e. The van der Waals surface area contributed by atoms with Gasteiger partial charge in [-0.3, -0.25) is 33.6 Å². The summed E-state index contributed by atoms with van der Waals surface area (Å²) in [5.41, 5.74) is 13.6. The first kappa shape index (κ1) is 45.1. The molecule has 0 radical (unpaired) electrons. The van der Waals surface area contributed by atoms with Crippen LogP contribution in [0.1, 0.15) is 89.9 Å². The normalized spacial score (nSPS) is 14.7. The van der Waals surface area contributed by atoms with E-state index in [1.54, 1.807) is 36.4 Å². The quantitative estimate of drug-likeness (QED) is 0.0590. The van der Waals surface area contributed by atoms with E-state index in [4.69, 9.17) is 23.1 Å². The Morgan fingerprint density at radius 1 is 0.698 bits per heavy atom. The molecule has 0 bridgehead atoms. The molecule has 0 aliphatic carbocycles. The summed E-state index contributed by atoms with van der Waals surface area (Å²) in [4.78, 5) is 91.0. The van der Waals surface area contributed by atoms with Gasteiger partial charge in [-0.2, -0.15) is 0 Å². The topological polar surface area (TPSA) is 216 Å². The van der Waals surface area contributed by atoms with Gasteiger partial charge in [0.05, 0.1) is 18.1 Å². The summed E-state index contributed by atoms with van der Waals surface area (Å²) < 4.78 is 0. The summed E-state index contributed by atoms with van der Waals surface area (Å²) in [5.74, 6) is -6.68. The van der Waals surface area contributed by atoms with Gasteiger partial charge >= 0.3 is 0 Å². The molecule has 0 unspecified atom stereocenters. The Morgan fingerprint density at radius 2 is 1.26 bits per heavy atom. The van der Waals surface area contributed by atoms with Crippen molar-refractivity contribution < 1.29 is 38.7 Å². The van der Waals surface area contributed by atoms with E-state index in [0.717, 1.165) is 11.1 Å². The zero-order valence-electron chi connectivity index (χ0n) is 31.4. The molecular weight excluding hydrogens is 700 g/mol. The van der Waals surface area contributed by atoms with Crippen LogP contribution in [-0.2, 0) is 28.8 Å². The van der Waals surface area contributed by atoms with Gasteiger partial charge in [-0.15, -0.1) is 0 Å². The number of aliphatic hydroxyl groups excluding tert-OH is 1. The summed E-state index contributed by atoms with van der Waals surface area (Å²) in [6.07, 6.45) is -0.741. The molecule has 290 valence electrons. The number of Topliss-reactive ketones (excluding diaryl/α,β-unsaturated/α-hetero) is 5. The van der Waals surface area contributed by atoms with E-state index in [0.29, 0.717) is 30.0 Å². The minimum absolute atomic E-state index is 0.00850. The summed E-state index contributed by atoms with van der Waals surface area (Å²) >= 11 is 5.97. The largest absolute Gasteiger partial charge is 0.391 e. The first-order chi connectivity index (χ1) is 25.0. The van der Waals surface area contributed by atoms with Gasteiger partial charge < -0.3 is 27.2 Å². The standard InChI is InChI=1S/C40H55ClN4O8/c1-23(2)18-36(50)38(51)24(3)19-34(48)32(8-6-7-17-42)44-39(52)25(4)20-35(49)37(26(5)46)45-40(53)30(22-43)21-33(47)29-11-9-27(10-12-29)28-13-15-31(41)16-14-28/h9-16,23-26,30,32,37,46H,6-8,17-22,42-43H2,1-5H3,(H,44,52)(H,45,53)/t24-,25-,26-,30+,32+,37+/m1/s1. The number of ketones is 5. The van der Waals surface area contributed by atoms with Gasteiger partial charge in [0, 0.05) is 54.6 Å². The second-order valence-corrected chi connectivity index (χ2v) is 14.7. The Bertz CT molecular complexity index is 1580. The van der Waals surface area contributed by atoms with Crippen molar-refractivity contribution in [2.24, 2.45) is 35.1 Å². The van der Waals surface area contributed by atoms with Crippen LogP contribution in [0.15, 0.2) is 48.5 Å². The molecule has 2 aromatic rings. The van der Waals surface area contributed by atoms with Gasteiger partial charge in [0.15, 0.2) is 23.1 Å². The number of unbranched alkanes of at least 4 members (excludes halogenated alkanes) is 1. The molecule has 2 amide bonds. The monoisotopic (exact) mass is 754 g/mol. The lowest BCUT2D eigenvalue weighted by Crippen LogP contribution is -2.51. The number of halogens is 1. The fourth-order valence-electron chi connectivity index (χ4n) is 5.78. The summed E-state index contributed by atoms with van der Waals surface area (Å²) in [6, 6.07) is 11.7. The molecule has 6 atom stereocenters. The molecule has 0 heterocycles. The van der Waals surface area contributed by atoms with Crippen LogP contribution in [0.3, 0.4) is 0 Å². The Morgan fingerprint density at radius 3 is 1.79 bits per heavy atom. The van der Waals surface area contributed by atoms with Crippen LogP contribution in [-0.4, -0.2) is 77.1 Å². The van der Waals surface area contributed by atoms with Crippen LogP contribution < -0.4 is 22.1 Å². The number of rotatable bonds is 24. The number of hydrogen-bond donors (Lipinski definition) is 5. The highest BCUT2D eigenvalue weighted by Gasteiger charge is 2.33. The van der Waals surface area contributed by atoms with Crippen molar-refractivity contribution in [3.05, 3.63) is 59.1 Å². The third-order valence-electron chi connectivity index (χ3n) is 9.03. The maximum absolute atomic E-state index is 13.3. The predicted octanol–water partition coefficient (Wildman–Crippen LogP) is 4.01. The Kier molecular flexibility index (Phi) is 18.9. The average molecular weight is 755 g/mol. The molecule has 53 heavy (non-hydrogen) atoms. The van der Waals surface area contributed by atoms with Crippen LogP contribution in [0.5, 0.6) is 0 Å². The smallest absolute Gasteiger partial charge is 0.225 e. The van der Waals surface area contributed by atoms with Crippen molar-refractivity contribution in [3.8, 4) is 11.1 Å². The highest BCUT2D eigenvalue weighted by atomic mass is 35.5. The number of nitrogens with two attached hydrogens (primary N) is 2. The SMILES string of the molecule is CC(C)CC(=O)C(=O)[C@H](C)CC(=O)[C@H](CCCCN)NC(=O)[C@H](C)CC(=O)[C@@H](NC(=O)[C@H](CN)CC(=O)c1ccc(-c2ccc(Cl)cc2)cc1)[C@@H](C)O. The van der Waals surface area contributed by atoms with Crippen LogP contribution >= 0.6 is 11.6 Å². The van der Waals surface area contributed by atoms with Gasteiger partial charge in [0.1, 0.15) is 6.04 Å². The van der Waals surface area contributed by atoms with Crippen LogP contribution in [0.2, 0.25) is 5.02 Å². The maximum atomic E-state index is 13.3. The third kappa shape index (κ3) is 14.7. The number of aliphatic hydroxyl groups is 1. The Labute approximate surface area is 317 Å². The van der Waals surface area contributed by atoms with Crippen molar-refractivity contribution >= 4 is 52.3 Å². The van der Waals surface area contributed by atoms with Crippen molar-refractivity contribution in [1.82, 2.24) is 10.6 Å². The van der Waals surface area contributed by atoms with Gasteiger partial charge in [-0.1, -0.05) is 75.7 Å². The van der Waals surface area contributed by atoms with Crippen molar-refractivity contribution in [1.29, 1.82) is 0 Å². The van der Waals surface area contributed by atoms with E-state index in [-0.39, 0.29) is 50.4 Å². The minimum Gasteiger partial charge on any atom is -0.391 e. The van der Waals surface area contributed by atoms with Crippen molar-refractivity contribution in [3.63, 3.8) is 0 Å². The predicted molar refractivity (Wildman–Crippen MR) is 204 cm³/mol. The van der Waals surface area contributed by atoms with E-state index in [9.17, 15) is 38.7 Å². The summed E-state index contributed by atoms with van der Waals surface area (Å²) in [5, 5.41) is 16.2. The van der Waals surface area contributed by atoms with Gasteiger partial charge in [-0.05, 0) is 61.9 Å². The molecule has 0 aromatic heterocycles. The zero-order valence-corrected chi connectivity index (χ0v) is 32.1. The fourth-order valence-corrected chi connectivity index (χ4v) is 5.91. The molecule has 0 aliphatic heterocycles.